The molecule has 1 rings (SSSR count). The molecule has 0 heterocycles. The van der Waals surface area contributed by atoms with E-state index >= 15 is 0 Å². The molecule has 0 radical (unpaired) electrons. The molecule has 0 atom stereocenters. The Labute approximate surface area is 125 Å². The zero-order chi connectivity index (χ0) is 15.7. The van der Waals surface area contributed by atoms with E-state index in [4.69, 9.17) is 20.5 Å². The predicted octanol–water partition coefficient (Wildman–Crippen LogP) is 2.66. The molecule has 0 saturated heterocycles. The number of carbonyl (C=O) groups excluding carboxylic acids is 1. The van der Waals surface area contributed by atoms with Crippen molar-refractivity contribution in [3.63, 3.8) is 0 Å². The number of hydrogen-bond donors (Lipinski definition) is 1. The third-order valence-corrected chi connectivity index (χ3v) is 2.89. The van der Waals surface area contributed by atoms with Crippen LogP contribution < -0.4 is 15.2 Å². The number of hydrogen-bond acceptors (Lipinski definition) is 4. The number of carbonyl (C=O) groups is 1. The SMILES string of the molecule is CCCCCOc1ccc(C=C(C#N)C(N)=O)cc1OC. The summed E-state index contributed by atoms with van der Waals surface area (Å²) in [4.78, 5) is 11.0. The Balaban J connectivity index is 2.88. The fraction of sp³-hybridized carbons (Fsp3) is 0.375. The number of nitriles is 1. The smallest absolute Gasteiger partial charge is 0.259 e. The van der Waals surface area contributed by atoms with Gasteiger partial charge in [0.2, 0.25) is 0 Å². The summed E-state index contributed by atoms with van der Waals surface area (Å²) < 4.78 is 10.9. The molecule has 0 unspecified atom stereocenters. The third-order valence-electron chi connectivity index (χ3n) is 2.89. The minimum Gasteiger partial charge on any atom is -0.493 e. The second-order valence-electron chi connectivity index (χ2n) is 4.50. The Morgan fingerprint density at radius 1 is 1.38 bits per heavy atom. The van der Waals surface area contributed by atoms with Crippen molar-refractivity contribution in [1.29, 1.82) is 5.26 Å². The van der Waals surface area contributed by atoms with E-state index in [1.807, 2.05) is 0 Å². The summed E-state index contributed by atoms with van der Waals surface area (Å²) in [6.07, 6.45) is 4.66. The maximum Gasteiger partial charge on any atom is 0.259 e. The Bertz CT molecular complexity index is 559. The number of amides is 1. The summed E-state index contributed by atoms with van der Waals surface area (Å²) in [6.45, 7) is 2.76. The molecule has 5 heteroatoms. The van der Waals surface area contributed by atoms with Crippen LogP contribution in [0.4, 0.5) is 0 Å². The second-order valence-corrected chi connectivity index (χ2v) is 4.50. The van der Waals surface area contributed by atoms with Crippen LogP contribution in [-0.4, -0.2) is 19.6 Å². The maximum atomic E-state index is 11.0. The van der Waals surface area contributed by atoms with Gasteiger partial charge in [0.1, 0.15) is 11.6 Å². The number of rotatable bonds is 8. The summed E-state index contributed by atoms with van der Waals surface area (Å²) in [6, 6.07) is 6.97. The number of benzene rings is 1. The molecule has 0 aliphatic rings. The van der Waals surface area contributed by atoms with Gasteiger partial charge in [0.15, 0.2) is 11.5 Å². The van der Waals surface area contributed by atoms with Crippen molar-refractivity contribution < 1.29 is 14.3 Å². The lowest BCUT2D eigenvalue weighted by Crippen LogP contribution is -2.12. The van der Waals surface area contributed by atoms with Crippen LogP contribution in [0.3, 0.4) is 0 Å². The van der Waals surface area contributed by atoms with Gasteiger partial charge in [-0.3, -0.25) is 4.79 Å². The number of primary amides is 1. The zero-order valence-electron chi connectivity index (χ0n) is 12.4. The monoisotopic (exact) mass is 288 g/mol. The van der Waals surface area contributed by atoms with E-state index in [2.05, 4.69) is 6.92 Å². The molecule has 1 amide bonds. The van der Waals surface area contributed by atoms with Crippen molar-refractivity contribution >= 4 is 12.0 Å². The highest BCUT2D eigenvalue weighted by molar-refractivity contribution is 6.00. The lowest BCUT2D eigenvalue weighted by atomic mass is 10.1. The number of nitrogens with zero attached hydrogens (tertiary/aromatic N) is 1. The zero-order valence-corrected chi connectivity index (χ0v) is 12.4. The van der Waals surface area contributed by atoms with Gasteiger partial charge < -0.3 is 15.2 Å². The van der Waals surface area contributed by atoms with Crippen LogP contribution in [0, 0.1) is 11.3 Å². The third kappa shape index (κ3) is 5.19. The summed E-state index contributed by atoms with van der Waals surface area (Å²) in [5.41, 5.74) is 5.66. The van der Waals surface area contributed by atoms with E-state index in [1.54, 1.807) is 31.4 Å². The second kappa shape index (κ2) is 8.64. The standard InChI is InChI=1S/C16H20N2O3/c1-3-4-5-8-21-14-7-6-12(10-15(14)20-2)9-13(11-17)16(18)19/h6-7,9-10H,3-5,8H2,1-2H3,(H2,18,19). The Kier molecular flexibility index (Phi) is 6.82. The molecule has 21 heavy (non-hydrogen) atoms. The maximum absolute atomic E-state index is 11.0. The van der Waals surface area contributed by atoms with Gasteiger partial charge in [0.05, 0.1) is 13.7 Å². The van der Waals surface area contributed by atoms with E-state index < -0.39 is 5.91 Å². The fourth-order valence-electron chi connectivity index (χ4n) is 1.75. The first-order chi connectivity index (χ1) is 10.1. The summed E-state index contributed by atoms with van der Waals surface area (Å²) in [5.74, 6) is 0.446. The van der Waals surface area contributed by atoms with Crippen molar-refractivity contribution in [2.24, 2.45) is 5.73 Å². The van der Waals surface area contributed by atoms with Crippen molar-refractivity contribution in [3.8, 4) is 17.6 Å². The van der Waals surface area contributed by atoms with Crippen LogP contribution in [-0.2, 0) is 4.79 Å². The van der Waals surface area contributed by atoms with E-state index in [-0.39, 0.29) is 5.57 Å². The summed E-state index contributed by atoms with van der Waals surface area (Å²) in [7, 11) is 1.54. The normalized spacial score (nSPS) is 10.8. The number of unbranched alkanes of at least 4 members (excludes halogenated alkanes) is 2. The van der Waals surface area contributed by atoms with Crippen LogP contribution in [0.2, 0.25) is 0 Å². The highest BCUT2D eigenvalue weighted by atomic mass is 16.5. The lowest BCUT2D eigenvalue weighted by molar-refractivity contribution is -0.114. The highest BCUT2D eigenvalue weighted by Crippen LogP contribution is 2.29. The molecule has 5 nitrogen and oxygen atoms in total. The molecule has 2 N–H and O–H groups in total. The molecule has 0 aliphatic heterocycles. The van der Waals surface area contributed by atoms with Gasteiger partial charge >= 0.3 is 0 Å². The van der Waals surface area contributed by atoms with E-state index in [0.717, 1.165) is 19.3 Å². The van der Waals surface area contributed by atoms with E-state index in [0.29, 0.717) is 23.7 Å². The first kappa shape index (κ1) is 16.6. The van der Waals surface area contributed by atoms with Crippen LogP contribution in [0.15, 0.2) is 23.8 Å². The van der Waals surface area contributed by atoms with Crippen molar-refractivity contribution in [1.82, 2.24) is 0 Å². The Morgan fingerprint density at radius 2 is 2.14 bits per heavy atom. The van der Waals surface area contributed by atoms with Crippen molar-refractivity contribution in [2.45, 2.75) is 26.2 Å². The van der Waals surface area contributed by atoms with Crippen molar-refractivity contribution in [3.05, 3.63) is 29.3 Å². The minimum absolute atomic E-state index is 0.103. The van der Waals surface area contributed by atoms with E-state index in [9.17, 15) is 4.79 Å². The topological polar surface area (TPSA) is 85.3 Å². The quantitative estimate of drug-likeness (QED) is 0.452. The van der Waals surface area contributed by atoms with Crippen LogP contribution in [0.5, 0.6) is 11.5 Å². The van der Waals surface area contributed by atoms with Crippen LogP contribution >= 0.6 is 0 Å². The first-order valence-corrected chi connectivity index (χ1v) is 6.84. The van der Waals surface area contributed by atoms with Gasteiger partial charge in [0, 0.05) is 0 Å². The molecular weight excluding hydrogens is 268 g/mol. The molecule has 0 spiro atoms. The van der Waals surface area contributed by atoms with Gasteiger partial charge in [-0.2, -0.15) is 5.26 Å². The molecule has 0 fully saturated rings. The van der Waals surface area contributed by atoms with Gasteiger partial charge in [-0.1, -0.05) is 25.8 Å². The average molecular weight is 288 g/mol. The Hall–Kier alpha value is -2.48. The summed E-state index contributed by atoms with van der Waals surface area (Å²) >= 11 is 0. The molecular formula is C16H20N2O3. The Morgan fingerprint density at radius 3 is 2.71 bits per heavy atom. The predicted molar refractivity (Wildman–Crippen MR) is 80.8 cm³/mol. The molecule has 1 aromatic carbocycles. The molecule has 0 aliphatic carbocycles. The molecule has 0 saturated carbocycles. The summed E-state index contributed by atoms with van der Waals surface area (Å²) in [5, 5.41) is 8.83. The average Bonchev–Trinajstić information content (AvgIpc) is 2.49. The molecule has 1 aromatic rings. The fourth-order valence-corrected chi connectivity index (χ4v) is 1.75. The number of nitrogens with two attached hydrogens (primary N) is 1. The number of methoxy groups -OCH3 is 1. The van der Waals surface area contributed by atoms with Crippen molar-refractivity contribution in [2.75, 3.05) is 13.7 Å². The molecule has 0 bridgehead atoms. The van der Waals surface area contributed by atoms with Crippen LogP contribution in [0.1, 0.15) is 31.7 Å². The first-order valence-electron chi connectivity index (χ1n) is 6.84. The number of ether oxygens (including phenoxy) is 2. The largest absolute Gasteiger partial charge is 0.493 e. The highest BCUT2D eigenvalue weighted by Gasteiger charge is 2.07. The van der Waals surface area contributed by atoms with E-state index in [1.165, 1.54) is 6.08 Å². The van der Waals surface area contributed by atoms with Gasteiger partial charge in [-0.05, 0) is 30.2 Å². The molecule has 0 aromatic heterocycles. The minimum atomic E-state index is -0.753. The molecule has 112 valence electrons. The van der Waals surface area contributed by atoms with Crippen LogP contribution in [0.25, 0.3) is 6.08 Å². The lowest BCUT2D eigenvalue weighted by Gasteiger charge is -2.11. The van der Waals surface area contributed by atoms with Gasteiger partial charge in [-0.25, -0.2) is 0 Å². The van der Waals surface area contributed by atoms with Gasteiger partial charge in [0.25, 0.3) is 5.91 Å². The van der Waals surface area contributed by atoms with Gasteiger partial charge in [-0.15, -0.1) is 0 Å².